The van der Waals surface area contributed by atoms with Gasteiger partial charge >= 0.3 is 0 Å². The zero-order valence-electron chi connectivity index (χ0n) is 9.04. The molecule has 1 rings (SSSR count). The van der Waals surface area contributed by atoms with Crippen LogP contribution in [0.5, 0.6) is 0 Å². The van der Waals surface area contributed by atoms with E-state index in [9.17, 15) is 12.8 Å². The molecule has 0 aliphatic heterocycles. The van der Waals surface area contributed by atoms with Crippen LogP contribution < -0.4 is 10.0 Å². The molecule has 0 bridgehead atoms. The van der Waals surface area contributed by atoms with Crippen LogP contribution in [0.4, 0.5) is 4.39 Å². The van der Waals surface area contributed by atoms with Crippen molar-refractivity contribution in [3.05, 3.63) is 28.5 Å². The molecule has 0 spiro atoms. The number of nitrogens with one attached hydrogen (secondary N) is 2. The van der Waals surface area contributed by atoms with Crippen molar-refractivity contribution >= 4 is 38.4 Å². The SMILES string of the molecule is CNCCNS(=O)(=O)c1cc(F)ccc1Br.Cl. The summed E-state index contributed by atoms with van der Waals surface area (Å²) < 4.78 is 39.1. The molecular weight excluding hydrogens is 335 g/mol. The molecule has 2 N–H and O–H groups in total. The van der Waals surface area contributed by atoms with Crippen molar-refractivity contribution in [2.75, 3.05) is 20.1 Å². The summed E-state index contributed by atoms with van der Waals surface area (Å²) in [4.78, 5) is -0.0939. The Morgan fingerprint density at radius 1 is 1.35 bits per heavy atom. The van der Waals surface area contributed by atoms with Crippen LogP contribution in [0.15, 0.2) is 27.6 Å². The molecule has 1 aromatic rings. The van der Waals surface area contributed by atoms with E-state index in [4.69, 9.17) is 0 Å². The molecular formula is C9H13BrClFN2O2S. The van der Waals surface area contributed by atoms with Crippen molar-refractivity contribution in [2.45, 2.75) is 4.90 Å². The third-order valence-corrected chi connectivity index (χ3v) is 4.30. The van der Waals surface area contributed by atoms with Gasteiger partial charge in [-0.25, -0.2) is 17.5 Å². The lowest BCUT2D eigenvalue weighted by Crippen LogP contribution is -2.30. The highest BCUT2D eigenvalue weighted by Gasteiger charge is 2.17. The van der Waals surface area contributed by atoms with Gasteiger partial charge in [-0.05, 0) is 41.2 Å². The number of hydrogen-bond donors (Lipinski definition) is 2. The zero-order chi connectivity index (χ0) is 12.2. The van der Waals surface area contributed by atoms with E-state index < -0.39 is 15.8 Å². The molecule has 0 unspecified atom stereocenters. The van der Waals surface area contributed by atoms with E-state index in [1.807, 2.05) is 0 Å². The first-order valence-electron chi connectivity index (χ1n) is 4.56. The van der Waals surface area contributed by atoms with Crippen LogP contribution >= 0.6 is 28.3 Å². The highest BCUT2D eigenvalue weighted by molar-refractivity contribution is 9.10. The second-order valence-corrected chi connectivity index (χ2v) is 5.67. The first-order valence-corrected chi connectivity index (χ1v) is 6.84. The van der Waals surface area contributed by atoms with Crippen LogP contribution in [-0.2, 0) is 10.0 Å². The first kappa shape index (κ1) is 16.8. The summed E-state index contributed by atoms with van der Waals surface area (Å²) in [6, 6.07) is 3.53. The van der Waals surface area contributed by atoms with Gasteiger partial charge < -0.3 is 5.32 Å². The Bertz CT molecular complexity index is 470. The van der Waals surface area contributed by atoms with Crippen molar-refractivity contribution in [3.63, 3.8) is 0 Å². The fourth-order valence-corrected chi connectivity index (χ4v) is 3.08. The van der Waals surface area contributed by atoms with E-state index in [0.29, 0.717) is 11.0 Å². The van der Waals surface area contributed by atoms with Crippen molar-refractivity contribution in [2.24, 2.45) is 0 Å². The molecule has 0 heterocycles. The zero-order valence-corrected chi connectivity index (χ0v) is 12.3. The van der Waals surface area contributed by atoms with Crippen molar-refractivity contribution in [1.82, 2.24) is 10.0 Å². The molecule has 1 aromatic carbocycles. The van der Waals surface area contributed by atoms with Gasteiger partial charge in [0.25, 0.3) is 0 Å². The number of hydrogen-bond acceptors (Lipinski definition) is 3. The van der Waals surface area contributed by atoms with Crippen LogP contribution in [0, 0.1) is 5.82 Å². The van der Waals surface area contributed by atoms with Gasteiger partial charge in [0.15, 0.2) is 0 Å². The monoisotopic (exact) mass is 346 g/mol. The fourth-order valence-electron chi connectivity index (χ4n) is 1.07. The topological polar surface area (TPSA) is 58.2 Å². The van der Waals surface area contributed by atoms with Crippen LogP contribution in [0.1, 0.15) is 0 Å². The Morgan fingerprint density at radius 2 is 2.00 bits per heavy atom. The lowest BCUT2D eigenvalue weighted by Gasteiger charge is -2.08. The molecule has 98 valence electrons. The second kappa shape index (κ2) is 7.27. The van der Waals surface area contributed by atoms with Gasteiger partial charge in [-0.3, -0.25) is 0 Å². The average molecular weight is 348 g/mol. The van der Waals surface area contributed by atoms with E-state index >= 15 is 0 Å². The van der Waals surface area contributed by atoms with Crippen molar-refractivity contribution in [3.8, 4) is 0 Å². The van der Waals surface area contributed by atoms with Gasteiger partial charge in [-0.1, -0.05) is 0 Å². The molecule has 0 fully saturated rings. The molecule has 4 nitrogen and oxygen atoms in total. The van der Waals surface area contributed by atoms with Crippen LogP contribution in [-0.4, -0.2) is 28.6 Å². The van der Waals surface area contributed by atoms with E-state index in [-0.39, 0.29) is 23.8 Å². The predicted octanol–water partition coefficient (Wildman–Crippen LogP) is 1.51. The Balaban J connectivity index is 0.00000256. The summed E-state index contributed by atoms with van der Waals surface area (Å²) in [5.74, 6) is -0.586. The second-order valence-electron chi connectivity index (χ2n) is 3.08. The largest absolute Gasteiger partial charge is 0.318 e. The van der Waals surface area contributed by atoms with E-state index in [1.54, 1.807) is 7.05 Å². The number of likely N-dealkylation sites (N-methyl/N-ethyl adjacent to an activating group) is 1. The first-order chi connectivity index (χ1) is 7.47. The van der Waals surface area contributed by atoms with Crippen molar-refractivity contribution in [1.29, 1.82) is 0 Å². The molecule has 0 saturated heterocycles. The Morgan fingerprint density at radius 3 is 2.59 bits per heavy atom. The minimum absolute atomic E-state index is 0. The molecule has 8 heteroatoms. The summed E-state index contributed by atoms with van der Waals surface area (Å²) >= 11 is 3.07. The van der Waals surface area contributed by atoms with E-state index in [0.717, 1.165) is 6.07 Å². The summed E-state index contributed by atoms with van der Waals surface area (Å²) in [5, 5.41) is 2.81. The Kier molecular flexibility index (Phi) is 7.18. The van der Waals surface area contributed by atoms with Gasteiger partial charge in [0.05, 0.1) is 4.90 Å². The lowest BCUT2D eigenvalue weighted by atomic mass is 10.3. The smallest absolute Gasteiger partial charge is 0.241 e. The highest BCUT2D eigenvalue weighted by Crippen LogP contribution is 2.22. The normalized spacial score (nSPS) is 11.0. The maximum atomic E-state index is 12.9. The molecule has 0 saturated carbocycles. The van der Waals surface area contributed by atoms with Gasteiger partial charge in [0, 0.05) is 17.6 Å². The summed E-state index contributed by atoms with van der Waals surface area (Å²) in [6.45, 7) is 0.758. The molecule has 0 radical (unpaired) electrons. The van der Waals surface area contributed by atoms with E-state index in [1.165, 1.54) is 12.1 Å². The minimum Gasteiger partial charge on any atom is -0.318 e. The maximum Gasteiger partial charge on any atom is 0.241 e. The summed E-state index contributed by atoms with van der Waals surface area (Å²) in [6.07, 6.45) is 0. The maximum absolute atomic E-state index is 12.9. The average Bonchev–Trinajstić information content (AvgIpc) is 2.22. The summed E-state index contributed by atoms with van der Waals surface area (Å²) in [7, 11) is -1.95. The molecule has 0 amide bonds. The number of benzene rings is 1. The van der Waals surface area contributed by atoms with Gasteiger partial charge in [0.1, 0.15) is 5.82 Å². The molecule has 0 aliphatic carbocycles. The van der Waals surface area contributed by atoms with Gasteiger partial charge in [-0.15, -0.1) is 12.4 Å². The molecule has 0 aromatic heterocycles. The van der Waals surface area contributed by atoms with Crippen LogP contribution in [0.2, 0.25) is 0 Å². The third-order valence-electron chi connectivity index (χ3n) is 1.85. The Hall–Kier alpha value is -0.210. The Labute approximate surface area is 115 Å². The third kappa shape index (κ3) is 4.89. The van der Waals surface area contributed by atoms with E-state index in [2.05, 4.69) is 26.0 Å². The van der Waals surface area contributed by atoms with Gasteiger partial charge in [0.2, 0.25) is 10.0 Å². The molecule has 0 aliphatic rings. The predicted molar refractivity (Wildman–Crippen MR) is 70.5 cm³/mol. The quantitative estimate of drug-likeness (QED) is 0.794. The standard InChI is InChI=1S/C9H12BrFN2O2S.ClH/c1-12-4-5-13-16(14,15)9-6-7(11)2-3-8(9)10;/h2-3,6,12-13H,4-5H2,1H3;1H. The fraction of sp³-hybridized carbons (Fsp3) is 0.333. The number of sulfonamides is 1. The molecule has 17 heavy (non-hydrogen) atoms. The highest BCUT2D eigenvalue weighted by atomic mass is 79.9. The van der Waals surface area contributed by atoms with Crippen LogP contribution in [0.3, 0.4) is 0 Å². The molecule has 0 atom stereocenters. The number of halogens is 3. The van der Waals surface area contributed by atoms with Gasteiger partial charge in [-0.2, -0.15) is 0 Å². The lowest BCUT2D eigenvalue weighted by molar-refractivity contribution is 0.575. The van der Waals surface area contributed by atoms with Crippen molar-refractivity contribution < 1.29 is 12.8 Å². The number of rotatable bonds is 5. The van der Waals surface area contributed by atoms with Crippen LogP contribution in [0.25, 0.3) is 0 Å². The summed E-state index contributed by atoms with van der Waals surface area (Å²) in [5.41, 5.74) is 0. The minimum atomic E-state index is -3.66.